The molecule has 0 saturated carbocycles. The third-order valence-corrected chi connectivity index (χ3v) is 2.93. The molecule has 94 valence electrons. The van der Waals surface area contributed by atoms with Crippen LogP contribution in [0.4, 0.5) is 5.82 Å². The fraction of sp³-hybridized carbons (Fsp3) is 0.250. The molecule has 6 heteroatoms. The summed E-state index contributed by atoms with van der Waals surface area (Å²) in [5.41, 5.74) is 3.16. The van der Waals surface area contributed by atoms with Crippen LogP contribution in [0.1, 0.15) is 23.0 Å². The van der Waals surface area contributed by atoms with Crippen molar-refractivity contribution in [1.82, 2.24) is 15.3 Å². The minimum Gasteiger partial charge on any atom is -0.370 e. The average molecular weight is 262 g/mol. The molecule has 0 atom stereocenters. The summed E-state index contributed by atoms with van der Waals surface area (Å²) in [6.07, 6.45) is 1.56. The Morgan fingerprint density at radius 2 is 2.28 bits per heavy atom. The minimum atomic E-state index is -0.140. The Hall–Kier alpha value is -1.95. The Kier molecular flexibility index (Phi) is 4.25. The highest BCUT2D eigenvalue weighted by molar-refractivity contribution is 7.07. The monoisotopic (exact) mass is 262 g/mol. The molecule has 2 heterocycles. The van der Waals surface area contributed by atoms with Gasteiger partial charge in [-0.2, -0.15) is 0 Å². The molecule has 0 unspecified atom stereocenters. The van der Waals surface area contributed by atoms with Gasteiger partial charge in [-0.1, -0.05) is 0 Å². The van der Waals surface area contributed by atoms with E-state index in [-0.39, 0.29) is 5.91 Å². The maximum atomic E-state index is 11.8. The van der Waals surface area contributed by atoms with Crippen molar-refractivity contribution in [2.24, 2.45) is 0 Å². The number of rotatable bonds is 5. The maximum Gasteiger partial charge on any atom is 0.253 e. The van der Waals surface area contributed by atoms with E-state index in [4.69, 9.17) is 0 Å². The molecular formula is C12H14N4OS. The average Bonchev–Trinajstić information content (AvgIpc) is 2.90. The Bertz CT molecular complexity index is 495. The summed E-state index contributed by atoms with van der Waals surface area (Å²) >= 11 is 1.51. The van der Waals surface area contributed by atoms with E-state index >= 15 is 0 Å². The number of amides is 1. The van der Waals surface area contributed by atoms with Gasteiger partial charge in [0, 0.05) is 18.1 Å². The van der Waals surface area contributed by atoms with Gasteiger partial charge in [0.15, 0.2) is 0 Å². The fourth-order valence-corrected chi connectivity index (χ4v) is 1.97. The van der Waals surface area contributed by atoms with Gasteiger partial charge in [0.2, 0.25) is 0 Å². The Morgan fingerprint density at radius 3 is 2.89 bits per heavy atom. The van der Waals surface area contributed by atoms with Gasteiger partial charge in [-0.25, -0.2) is 9.97 Å². The second-order valence-electron chi connectivity index (χ2n) is 3.62. The smallest absolute Gasteiger partial charge is 0.253 e. The van der Waals surface area contributed by atoms with Crippen LogP contribution in [0.15, 0.2) is 29.2 Å². The maximum absolute atomic E-state index is 11.8. The number of hydrogen-bond acceptors (Lipinski definition) is 5. The van der Waals surface area contributed by atoms with E-state index in [2.05, 4.69) is 20.6 Å². The van der Waals surface area contributed by atoms with Crippen LogP contribution in [0.2, 0.25) is 0 Å². The largest absolute Gasteiger partial charge is 0.370 e. The van der Waals surface area contributed by atoms with Gasteiger partial charge >= 0.3 is 0 Å². The third kappa shape index (κ3) is 3.27. The number of thiazole rings is 1. The first-order valence-corrected chi connectivity index (χ1v) is 6.59. The predicted octanol–water partition coefficient (Wildman–Crippen LogP) is 1.90. The van der Waals surface area contributed by atoms with E-state index in [0.29, 0.717) is 12.1 Å². The molecule has 2 N–H and O–H groups in total. The molecule has 0 aromatic carbocycles. The van der Waals surface area contributed by atoms with Crippen LogP contribution in [-0.2, 0) is 6.54 Å². The van der Waals surface area contributed by atoms with Gasteiger partial charge in [-0.05, 0) is 19.1 Å². The summed E-state index contributed by atoms with van der Waals surface area (Å²) in [6, 6.07) is 3.54. The second-order valence-corrected chi connectivity index (χ2v) is 4.34. The van der Waals surface area contributed by atoms with Crippen LogP contribution >= 0.6 is 11.3 Å². The molecule has 0 spiro atoms. The summed E-state index contributed by atoms with van der Waals surface area (Å²) in [4.78, 5) is 20.1. The highest BCUT2D eigenvalue weighted by atomic mass is 32.1. The van der Waals surface area contributed by atoms with Crippen molar-refractivity contribution in [2.75, 3.05) is 11.9 Å². The highest BCUT2D eigenvalue weighted by Gasteiger charge is 2.06. The number of pyridine rings is 1. The minimum absolute atomic E-state index is 0.140. The van der Waals surface area contributed by atoms with Crippen LogP contribution in [0.25, 0.3) is 0 Å². The molecule has 0 fully saturated rings. The molecule has 2 aromatic rings. The lowest BCUT2D eigenvalue weighted by molar-refractivity contribution is 0.0950. The van der Waals surface area contributed by atoms with Crippen LogP contribution in [0.5, 0.6) is 0 Å². The van der Waals surface area contributed by atoms with Gasteiger partial charge in [-0.3, -0.25) is 4.79 Å². The normalized spacial score (nSPS) is 10.1. The molecule has 0 saturated heterocycles. The fourth-order valence-electron chi connectivity index (χ4n) is 1.41. The molecule has 0 aliphatic heterocycles. The number of aromatic nitrogens is 2. The molecule has 2 aromatic heterocycles. The number of nitrogens with zero attached hydrogens (tertiary/aromatic N) is 2. The standard InChI is InChI=1S/C12H14N4OS/c1-2-13-11-4-3-9(5-14-11)12(17)15-6-10-7-18-8-16-10/h3-5,7-8H,2,6H2,1H3,(H,13,14)(H,15,17). The van der Waals surface area contributed by atoms with E-state index < -0.39 is 0 Å². The third-order valence-electron chi connectivity index (χ3n) is 2.30. The first kappa shape index (κ1) is 12.5. The summed E-state index contributed by atoms with van der Waals surface area (Å²) in [5, 5.41) is 7.78. The van der Waals surface area contributed by atoms with Crippen molar-refractivity contribution in [3.63, 3.8) is 0 Å². The zero-order chi connectivity index (χ0) is 12.8. The van der Waals surface area contributed by atoms with Gasteiger partial charge in [0.05, 0.1) is 23.3 Å². The first-order chi connectivity index (χ1) is 8.79. The van der Waals surface area contributed by atoms with E-state index in [1.165, 1.54) is 11.3 Å². The first-order valence-electron chi connectivity index (χ1n) is 5.64. The van der Waals surface area contributed by atoms with Crippen LogP contribution in [-0.4, -0.2) is 22.4 Å². The molecular weight excluding hydrogens is 248 g/mol. The van der Waals surface area contributed by atoms with Crippen LogP contribution in [0.3, 0.4) is 0 Å². The predicted molar refractivity (Wildman–Crippen MR) is 71.7 cm³/mol. The molecule has 5 nitrogen and oxygen atoms in total. The second kappa shape index (κ2) is 6.11. The molecule has 1 amide bonds. The summed E-state index contributed by atoms with van der Waals surface area (Å²) in [6.45, 7) is 3.25. The molecule has 2 rings (SSSR count). The zero-order valence-electron chi connectivity index (χ0n) is 10.0. The number of carbonyl (C=O) groups excluding carboxylic acids is 1. The summed E-state index contributed by atoms with van der Waals surface area (Å²) in [7, 11) is 0. The molecule has 0 aliphatic carbocycles. The number of carbonyl (C=O) groups is 1. The Labute approximate surface area is 109 Å². The van der Waals surface area contributed by atoms with Crippen LogP contribution in [0, 0.1) is 0 Å². The quantitative estimate of drug-likeness (QED) is 0.863. The Balaban J connectivity index is 1.92. The Morgan fingerprint density at radius 1 is 1.39 bits per heavy atom. The van der Waals surface area contributed by atoms with Crippen molar-refractivity contribution >= 4 is 23.1 Å². The number of hydrogen-bond donors (Lipinski definition) is 2. The van der Waals surface area contributed by atoms with Crippen molar-refractivity contribution in [3.05, 3.63) is 40.5 Å². The van der Waals surface area contributed by atoms with Gasteiger partial charge in [-0.15, -0.1) is 11.3 Å². The lowest BCUT2D eigenvalue weighted by Gasteiger charge is -2.05. The summed E-state index contributed by atoms with van der Waals surface area (Å²) in [5.74, 6) is 0.632. The molecule has 0 aliphatic rings. The lowest BCUT2D eigenvalue weighted by atomic mass is 10.2. The summed E-state index contributed by atoms with van der Waals surface area (Å²) < 4.78 is 0. The van der Waals surface area contributed by atoms with E-state index in [0.717, 1.165) is 18.1 Å². The number of nitrogens with one attached hydrogen (secondary N) is 2. The van der Waals surface area contributed by atoms with E-state index in [1.54, 1.807) is 23.8 Å². The molecule has 18 heavy (non-hydrogen) atoms. The molecule has 0 bridgehead atoms. The van der Waals surface area contributed by atoms with Crippen molar-refractivity contribution in [3.8, 4) is 0 Å². The zero-order valence-corrected chi connectivity index (χ0v) is 10.8. The van der Waals surface area contributed by atoms with Crippen molar-refractivity contribution in [1.29, 1.82) is 0 Å². The van der Waals surface area contributed by atoms with Crippen molar-refractivity contribution in [2.45, 2.75) is 13.5 Å². The lowest BCUT2D eigenvalue weighted by Crippen LogP contribution is -2.23. The molecule has 0 radical (unpaired) electrons. The van der Waals surface area contributed by atoms with Gasteiger partial charge in [0.1, 0.15) is 5.82 Å². The van der Waals surface area contributed by atoms with Crippen molar-refractivity contribution < 1.29 is 4.79 Å². The van der Waals surface area contributed by atoms with Crippen LogP contribution < -0.4 is 10.6 Å². The van der Waals surface area contributed by atoms with Gasteiger partial charge in [0.25, 0.3) is 5.91 Å². The van der Waals surface area contributed by atoms with E-state index in [1.807, 2.05) is 12.3 Å². The number of anilines is 1. The van der Waals surface area contributed by atoms with E-state index in [9.17, 15) is 4.79 Å². The topological polar surface area (TPSA) is 66.9 Å². The van der Waals surface area contributed by atoms with Gasteiger partial charge < -0.3 is 10.6 Å². The highest BCUT2D eigenvalue weighted by Crippen LogP contribution is 2.05. The SMILES string of the molecule is CCNc1ccc(C(=O)NCc2cscn2)cn1.